The van der Waals surface area contributed by atoms with Gasteiger partial charge in [-0.05, 0) is 6.42 Å². The van der Waals surface area contributed by atoms with Gasteiger partial charge in [0.2, 0.25) is 0 Å². The van der Waals surface area contributed by atoms with Gasteiger partial charge in [0, 0.05) is 29.5 Å². The molecule has 1 aromatic heterocycles. The average Bonchev–Trinajstić information content (AvgIpc) is 2.33. The maximum Gasteiger partial charge on any atom is 0.113 e. The molecule has 2 heterocycles. The van der Waals surface area contributed by atoms with Crippen LogP contribution < -0.4 is 0 Å². The molecule has 10 heavy (non-hydrogen) atoms. The minimum absolute atomic E-state index is 1.05. The van der Waals surface area contributed by atoms with Crippen molar-refractivity contribution in [2.24, 2.45) is 0 Å². The molecule has 2 rings (SSSR count). The van der Waals surface area contributed by atoms with Crippen LogP contribution in [0, 0.1) is 0 Å². The van der Waals surface area contributed by atoms with Crippen LogP contribution in [0.1, 0.15) is 12.2 Å². The quantitative estimate of drug-likeness (QED) is 0.624. The Bertz CT molecular complexity index is 275. The van der Waals surface area contributed by atoms with E-state index in [0.29, 0.717) is 0 Å². The molecule has 1 aromatic rings. The van der Waals surface area contributed by atoms with E-state index < -0.39 is 0 Å². The second-order valence-electron chi connectivity index (χ2n) is 2.33. The fourth-order valence-electron chi connectivity index (χ4n) is 1.10. The minimum Gasteiger partial charge on any atom is -0.310 e. The molecule has 1 aliphatic rings. The molecule has 0 radical (unpaired) electrons. The van der Waals surface area contributed by atoms with Gasteiger partial charge in [-0.2, -0.15) is 0 Å². The number of imidazole rings is 1. The van der Waals surface area contributed by atoms with Crippen LogP contribution in [0.3, 0.4) is 0 Å². The molecule has 0 saturated carbocycles. The van der Waals surface area contributed by atoms with Crippen LogP contribution in [-0.4, -0.2) is 9.55 Å². The molecule has 0 unspecified atom stereocenters. The first-order valence-electron chi connectivity index (χ1n) is 3.24. The van der Waals surface area contributed by atoms with Gasteiger partial charge in [0.25, 0.3) is 0 Å². The summed E-state index contributed by atoms with van der Waals surface area (Å²) in [6.45, 7) is 0. The first kappa shape index (κ1) is 6.16. The number of allylic oxidation sites excluding steroid dienone is 1. The third-order valence-electron chi connectivity index (χ3n) is 1.62. The molecule has 0 N–H and O–H groups in total. The van der Waals surface area contributed by atoms with Crippen molar-refractivity contribution in [2.45, 2.75) is 12.8 Å². The normalized spacial score (nSPS) is 16.3. The number of halogens is 1. The lowest BCUT2D eigenvalue weighted by molar-refractivity contribution is 0.832. The van der Waals surface area contributed by atoms with Gasteiger partial charge in [0.15, 0.2) is 0 Å². The SMILES string of the molecule is BrC1=Cn2ccnc2CC1. The van der Waals surface area contributed by atoms with E-state index in [1.165, 1.54) is 4.48 Å². The third kappa shape index (κ3) is 0.904. The summed E-state index contributed by atoms with van der Waals surface area (Å²) in [4.78, 5) is 4.19. The van der Waals surface area contributed by atoms with Crippen LogP contribution >= 0.6 is 15.9 Å². The Morgan fingerprint density at radius 3 is 3.30 bits per heavy atom. The lowest BCUT2D eigenvalue weighted by Crippen LogP contribution is -2.01. The first-order valence-corrected chi connectivity index (χ1v) is 4.03. The highest BCUT2D eigenvalue weighted by atomic mass is 79.9. The number of rotatable bonds is 0. The number of nitrogens with zero attached hydrogens (tertiary/aromatic N) is 2. The van der Waals surface area contributed by atoms with Crippen molar-refractivity contribution in [2.75, 3.05) is 0 Å². The molecule has 2 nitrogen and oxygen atoms in total. The lowest BCUT2D eigenvalue weighted by Gasteiger charge is -2.08. The second kappa shape index (κ2) is 2.23. The summed E-state index contributed by atoms with van der Waals surface area (Å²) in [6.07, 6.45) is 7.99. The average molecular weight is 199 g/mol. The van der Waals surface area contributed by atoms with E-state index in [4.69, 9.17) is 0 Å². The smallest absolute Gasteiger partial charge is 0.113 e. The molecule has 1 aliphatic heterocycles. The zero-order valence-electron chi connectivity index (χ0n) is 5.42. The Morgan fingerprint density at radius 2 is 2.40 bits per heavy atom. The zero-order valence-corrected chi connectivity index (χ0v) is 7.00. The molecule has 0 aromatic carbocycles. The van der Waals surface area contributed by atoms with E-state index in [1.54, 1.807) is 0 Å². The van der Waals surface area contributed by atoms with Crippen molar-refractivity contribution in [1.82, 2.24) is 9.55 Å². The zero-order chi connectivity index (χ0) is 6.97. The van der Waals surface area contributed by atoms with E-state index >= 15 is 0 Å². The molecule has 0 saturated heterocycles. The number of hydrogen-bond acceptors (Lipinski definition) is 1. The van der Waals surface area contributed by atoms with Crippen molar-refractivity contribution in [3.05, 3.63) is 22.7 Å². The van der Waals surface area contributed by atoms with Gasteiger partial charge >= 0.3 is 0 Å². The molecule has 3 heteroatoms. The van der Waals surface area contributed by atoms with E-state index in [9.17, 15) is 0 Å². The summed E-state index contributed by atoms with van der Waals surface area (Å²) < 4.78 is 3.30. The van der Waals surface area contributed by atoms with Gasteiger partial charge < -0.3 is 4.57 Å². The Labute approximate surface area is 67.7 Å². The summed E-state index contributed by atoms with van der Waals surface area (Å²) in [7, 11) is 0. The van der Waals surface area contributed by atoms with Crippen LogP contribution in [0.2, 0.25) is 0 Å². The Balaban J connectivity index is 2.50. The predicted molar refractivity (Wildman–Crippen MR) is 43.7 cm³/mol. The number of aryl methyl sites for hydroxylation is 1. The molecule has 0 atom stereocenters. The molecular weight excluding hydrogens is 192 g/mol. The molecule has 52 valence electrons. The maximum atomic E-state index is 4.19. The van der Waals surface area contributed by atoms with Gasteiger partial charge in [-0.3, -0.25) is 0 Å². The minimum atomic E-state index is 1.05. The van der Waals surface area contributed by atoms with Crippen molar-refractivity contribution < 1.29 is 0 Å². The highest BCUT2D eigenvalue weighted by Gasteiger charge is 2.07. The largest absolute Gasteiger partial charge is 0.310 e. The van der Waals surface area contributed by atoms with Crippen molar-refractivity contribution in [1.29, 1.82) is 0 Å². The monoisotopic (exact) mass is 198 g/mol. The summed E-state index contributed by atoms with van der Waals surface area (Å²) in [5, 5.41) is 0. The molecule has 0 spiro atoms. The molecule has 0 amide bonds. The van der Waals surface area contributed by atoms with Crippen LogP contribution in [0.25, 0.3) is 6.20 Å². The van der Waals surface area contributed by atoms with E-state index in [0.717, 1.165) is 18.7 Å². The van der Waals surface area contributed by atoms with Crippen LogP contribution in [0.5, 0.6) is 0 Å². The highest BCUT2D eigenvalue weighted by Crippen LogP contribution is 2.20. The molecule has 0 bridgehead atoms. The fourth-order valence-corrected chi connectivity index (χ4v) is 1.52. The first-order chi connectivity index (χ1) is 4.86. The maximum absolute atomic E-state index is 4.19. The van der Waals surface area contributed by atoms with Gasteiger partial charge in [0.05, 0.1) is 0 Å². The number of fused-ring (bicyclic) bond motifs is 1. The predicted octanol–water partition coefficient (Wildman–Crippen LogP) is 2.02. The topological polar surface area (TPSA) is 17.8 Å². The molecule has 0 aliphatic carbocycles. The van der Waals surface area contributed by atoms with Gasteiger partial charge in [0.1, 0.15) is 5.82 Å². The van der Waals surface area contributed by atoms with E-state index in [2.05, 4.69) is 27.1 Å². The van der Waals surface area contributed by atoms with Crippen LogP contribution in [0.4, 0.5) is 0 Å². The molecular formula is C7H7BrN2. The Kier molecular flexibility index (Phi) is 1.38. The van der Waals surface area contributed by atoms with Crippen molar-refractivity contribution >= 4 is 22.1 Å². The summed E-state index contributed by atoms with van der Waals surface area (Å²) >= 11 is 3.46. The lowest BCUT2D eigenvalue weighted by atomic mass is 10.2. The standard InChI is InChI=1S/C7H7BrN2/c8-6-1-2-7-9-3-4-10(7)5-6/h3-5H,1-2H2. The fraction of sp³-hybridized carbons (Fsp3) is 0.286. The van der Waals surface area contributed by atoms with Crippen molar-refractivity contribution in [3.63, 3.8) is 0 Å². The van der Waals surface area contributed by atoms with Crippen LogP contribution in [0.15, 0.2) is 16.9 Å². The summed E-state index contributed by atoms with van der Waals surface area (Å²) in [5.41, 5.74) is 0. The summed E-state index contributed by atoms with van der Waals surface area (Å²) in [5.74, 6) is 1.16. The number of hydrogen-bond donors (Lipinski definition) is 0. The van der Waals surface area contributed by atoms with Crippen LogP contribution in [-0.2, 0) is 6.42 Å². The van der Waals surface area contributed by atoms with E-state index in [1.807, 2.05) is 17.0 Å². The van der Waals surface area contributed by atoms with Gasteiger partial charge in [-0.15, -0.1) is 0 Å². The van der Waals surface area contributed by atoms with Gasteiger partial charge in [-0.1, -0.05) is 15.9 Å². The van der Waals surface area contributed by atoms with Gasteiger partial charge in [-0.25, -0.2) is 4.98 Å². The van der Waals surface area contributed by atoms with E-state index in [-0.39, 0.29) is 0 Å². The Morgan fingerprint density at radius 1 is 1.50 bits per heavy atom. The van der Waals surface area contributed by atoms with Crippen molar-refractivity contribution in [3.8, 4) is 0 Å². The number of aromatic nitrogens is 2. The summed E-state index contributed by atoms with van der Waals surface area (Å²) in [6, 6.07) is 0. The third-order valence-corrected chi connectivity index (χ3v) is 2.22. The second-order valence-corrected chi connectivity index (χ2v) is 3.35. The highest BCUT2D eigenvalue weighted by molar-refractivity contribution is 9.11. The molecule has 0 fully saturated rings. The Hall–Kier alpha value is -0.570.